The van der Waals surface area contributed by atoms with Crippen molar-refractivity contribution in [2.24, 2.45) is 0 Å². The van der Waals surface area contributed by atoms with E-state index in [9.17, 15) is 43.5 Å². The van der Waals surface area contributed by atoms with Crippen molar-refractivity contribution in [2.75, 3.05) is 39.6 Å². The summed E-state index contributed by atoms with van der Waals surface area (Å²) in [5.74, 6) is -1.68. The fraction of sp³-hybridized carbons (Fsp3) is 0.568. The molecule has 99 heavy (non-hydrogen) atoms. The van der Waals surface area contributed by atoms with Crippen LogP contribution < -0.4 is 0 Å². The van der Waals surface area contributed by atoms with E-state index in [4.69, 9.17) is 32.3 Å². The average molecular weight is 1420 g/mol. The highest BCUT2D eigenvalue weighted by Crippen LogP contribution is 2.45. The van der Waals surface area contributed by atoms with Crippen LogP contribution in [0.4, 0.5) is 0 Å². The number of carbonyl (C=O) groups is 3. The van der Waals surface area contributed by atoms with E-state index in [1.54, 1.807) is 0 Å². The lowest BCUT2D eigenvalue weighted by Gasteiger charge is -2.21. The molecule has 0 aromatic rings. The largest absolute Gasteiger partial charge is 0.472 e. The molecule has 18 heteroatoms. The third kappa shape index (κ3) is 73.4. The Morgan fingerprint density at radius 1 is 0.283 bits per heavy atom. The molecule has 0 amide bonds. The molecule has 16 nitrogen and oxygen atoms in total. The molecule has 0 saturated carbocycles. The van der Waals surface area contributed by atoms with Crippen molar-refractivity contribution < 1.29 is 75.8 Å². The van der Waals surface area contributed by atoms with Crippen LogP contribution in [0.15, 0.2) is 194 Å². The molecule has 0 fully saturated rings. The zero-order valence-corrected chi connectivity index (χ0v) is 62.4. The number of carbonyl (C=O) groups excluding carboxylic acids is 3. The molecule has 0 saturated heterocycles. The maximum absolute atomic E-state index is 13.0. The van der Waals surface area contributed by atoms with Gasteiger partial charge in [-0.3, -0.25) is 32.5 Å². The lowest BCUT2D eigenvalue weighted by Crippen LogP contribution is -2.30. The van der Waals surface area contributed by atoms with Crippen LogP contribution >= 0.6 is 15.6 Å². The van der Waals surface area contributed by atoms with Gasteiger partial charge in [-0.15, -0.1) is 0 Å². The molecule has 4 N–H and O–H groups in total. The first-order valence-corrected chi connectivity index (χ1v) is 39.7. The summed E-state index contributed by atoms with van der Waals surface area (Å²) in [6.45, 7) is 2.19. The molecule has 0 bridgehead atoms. The minimum atomic E-state index is -4.96. The van der Waals surface area contributed by atoms with Crippen LogP contribution in [0.25, 0.3) is 0 Å². The van der Waals surface area contributed by atoms with E-state index in [1.807, 2.05) is 0 Å². The molecule has 0 aromatic heterocycles. The quantitative estimate of drug-likeness (QED) is 0.0146. The van der Waals surface area contributed by atoms with E-state index in [-0.39, 0.29) is 19.3 Å². The Hall–Kier alpha value is -5.61. The molecule has 5 unspecified atom stereocenters. The molecule has 0 aliphatic carbocycles. The number of ether oxygens (including phenoxy) is 3. The van der Waals surface area contributed by atoms with Crippen LogP contribution in [0.2, 0.25) is 0 Å². The van der Waals surface area contributed by atoms with Gasteiger partial charge >= 0.3 is 33.6 Å². The first-order valence-electron chi connectivity index (χ1n) is 36.7. The predicted octanol–water partition coefficient (Wildman–Crippen LogP) is 21.2. The number of phosphoric acid groups is 2. The van der Waals surface area contributed by atoms with Crippen molar-refractivity contribution in [3.63, 3.8) is 0 Å². The van der Waals surface area contributed by atoms with Crippen LogP contribution in [0.5, 0.6) is 0 Å². The summed E-state index contributed by atoms with van der Waals surface area (Å²) in [6, 6.07) is 0. The maximum Gasteiger partial charge on any atom is 0.472 e. The zero-order valence-electron chi connectivity index (χ0n) is 60.6. The Morgan fingerprint density at radius 3 is 0.808 bits per heavy atom. The minimum absolute atomic E-state index is 0.0487. The normalized spacial score (nSPS) is 15.2. The van der Waals surface area contributed by atoms with Crippen LogP contribution in [0, 0.1) is 0 Å². The summed E-state index contributed by atoms with van der Waals surface area (Å²) in [5.41, 5.74) is 0. The van der Waals surface area contributed by atoms with Gasteiger partial charge in [-0.05, 0) is 161 Å². The Morgan fingerprint density at radius 2 is 0.505 bits per heavy atom. The summed E-state index contributed by atoms with van der Waals surface area (Å²) < 4.78 is 61.0. The Balaban J connectivity index is 4.76. The van der Waals surface area contributed by atoms with E-state index in [1.165, 1.54) is 0 Å². The van der Waals surface area contributed by atoms with E-state index in [0.29, 0.717) is 19.3 Å². The second-order valence-corrected chi connectivity index (χ2v) is 26.5. The minimum Gasteiger partial charge on any atom is -0.463 e. The zero-order chi connectivity index (χ0) is 72.3. The van der Waals surface area contributed by atoms with Crippen LogP contribution in [0.3, 0.4) is 0 Å². The Bertz CT molecular complexity index is 2580. The van der Waals surface area contributed by atoms with Gasteiger partial charge in [0.1, 0.15) is 25.4 Å². The molecule has 0 heterocycles. The van der Waals surface area contributed by atoms with E-state index < -0.39 is 91.5 Å². The van der Waals surface area contributed by atoms with Crippen molar-refractivity contribution in [1.29, 1.82) is 0 Å². The fourth-order valence-corrected chi connectivity index (χ4v) is 10.4. The van der Waals surface area contributed by atoms with Crippen molar-refractivity contribution >= 4 is 33.6 Å². The second-order valence-electron chi connectivity index (χ2n) is 23.6. The van der Waals surface area contributed by atoms with Crippen molar-refractivity contribution in [1.82, 2.24) is 0 Å². The van der Waals surface area contributed by atoms with E-state index in [2.05, 4.69) is 215 Å². The highest BCUT2D eigenvalue weighted by molar-refractivity contribution is 7.47. The molecule has 5 atom stereocenters. The van der Waals surface area contributed by atoms with Gasteiger partial charge < -0.3 is 34.2 Å². The molecule has 0 aromatic carbocycles. The average Bonchev–Trinajstić information content (AvgIpc) is 2.90. The van der Waals surface area contributed by atoms with E-state index >= 15 is 0 Å². The monoisotopic (exact) mass is 1420 g/mol. The van der Waals surface area contributed by atoms with Gasteiger partial charge in [0.15, 0.2) is 6.10 Å². The summed E-state index contributed by atoms with van der Waals surface area (Å²) in [6.07, 6.45) is 93.3. The number of phosphoric ester groups is 2. The van der Waals surface area contributed by atoms with Gasteiger partial charge in [0, 0.05) is 19.3 Å². The van der Waals surface area contributed by atoms with E-state index in [0.717, 1.165) is 180 Å². The second kappa shape index (κ2) is 72.2. The highest BCUT2D eigenvalue weighted by atomic mass is 31.2. The SMILES string of the molecule is CC/C=C\C/C=C\C/C=C\C/C=C\C/C=C\C/C=C\CCCCCCCCC(=O)OCC(O)COP(=O)(O)OCC(O)COP(=O)(O)OCC(COC(=O)CCCCC/C=C\C/C=C\C/C=C\C/C=C\C/C=C\CC)OC(=O)CCCCC/C=C\C/C=C\C/C=C\C/C=C\C/C=C\CC. The molecule has 0 rings (SSSR count). The molecule has 0 aliphatic rings. The first kappa shape index (κ1) is 93.4. The third-order valence-electron chi connectivity index (χ3n) is 14.3. The number of hydrogen-bond acceptors (Lipinski definition) is 14. The van der Waals surface area contributed by atoms with Gasteiger partial charge in [-0.25, -0.2) is 9.13 Å². The van der Waals surface area contributed by atoms with Gasteiger partial charge in [0.25, 0.3) is 0 Å². The van der Waals surface area contributed by atoms with Crippen LogP contribution in [-0.2, 0) is 55.8 Å². The molecular weight excluding hydrogens is 1290 g/mol. The van der Waals surface area contributed by atoms with Gasteiger partial charge in [-0.1, -0.05) is 254 Å². The topological polar surface area (TPSA) is 231 Å². The number of aliphatic hydroxyl groups is 2. The predicted molar refractivity (Wildman–Crippen MR) is 408 cm³/mol. The van der Waals surface area contributed by atoms with Gasteiger partial charge in [0.05, 0.1) is 26.4 Å². The number of hydrogen-bond donors (Lipinski definition) is 4. The van der Waals surface area contributed by atoms with Crippen LogP contribution in [-0.4, -0.2) is 95.9 Å². The standard InChI is InChI=1S/C81H128O16P2/c1-4-7-10-13-16-19-22-25-28-31-34-35-36-37-38-39-42-44-46-49-52-55-58-61-64-67-79(84)91-70-76(82)71-93-98(87,88)94-72-77(83)73-95-99(89,90)96-75-78(97-81(86)69-66-63-60-57-54-51-48-45-41-33-30-27-24-21-18-15-12-9-6-3)74-92-80(85)68-65-62-59-56-53-50-47-43-40-32-29-26-23-20-17-14-11-8-5-2/h7-12,16-21,25-30,34-35,37-38,40-45,50-51,53-54,76-78,82-83H,4-6,13-15,22-24,31-33,36,39,46-49,52,55-75H2,1-3H3,(H,87,88)(H,89,90)/b10-7-,11-8-,12-9-,19-16-,20-17-,21-18-,28-25-,29-26-,30-27-,35-34-,38-37-,43-40-,44-42-,45-41-,53-50-,54-51-. The number of aliphatic hydroxyl groups excluding tert-OH is 2. The summed E-state index contributed by atoms with van der Waals surface area (Å²) in [4.78, 5) is 58.6. The van der Waals surface area contributed by atoms with Gasteiger partial charge in [0.2, 0.25) is 0 Å². The number of esters is 3. The van der Waals surface area contributed by atoms with Gasteiger partial charge in [-0.2, -0.15) is 0 Å². The van der Waals surface area contributed by atoms with Crippen LogP contribution in [0.1, 0.15) is 239 Å². The van der Waals surface area contributed by atoms with Crippen molar-refractivity contribution in [3.8, 4) is 0 Å². The molecule has 0 radical (unpaired) electrons. The fourth-order valence-electron chi connectivity index (χ4n) is 8.80. The molecule has 0 aliphatic heterocycles. The summed E-state index contributed by atoms with van der Waals surface area (Å²) >= 11 is 0. The third-order valence-corrected chi connectivity index (χ3v) is 16.2. The molecule has 558 valence electrons. The van der Waals surface area contributed by atoms with Crippen molar-refractivity contribution in [2.45, 2.75) is 257 Å². The Kier molecular flexibility index (Phi) is 68.1. The maximum atomic E-state index is 13.0. The number of rotatable bonds is 67. The highest BCUT2D eigenvalue weighted by Gasteiger charge is 2.29. The summed E-state index contributed by atoms with van der Waals surface area (Å²) in [7, 11) is -9.83. The lowest BCUT2D eigenvalue weighted by molar-refractivity contribution is -0.161. The lowest BCUT2D eigenvalue weighted by atomic mass is 10.1. The smallest absolute Gasteiger partial charge is 0.463 e. The number of unbranched alkanes of at least 4 members (excludes halogenated alkanes) is 12. The number of allylic oxidation sites excluding steroid dienone is 32. The molecule has 0 spiro atoms. The molecular formula is C81H128O16P2. The Labute approximate surface area is 597 Å². The van der Waals surface area contributed by atoms with Crippen molar-refractivity contribution in [3.05, 3.63) is 194 Å². The first-order chi connectivity index (χ1) is 48.2. The summed E-state index contributed by atoms with van der Waals surface area (Å²) in [5, 5.41) is 20.6.